The Kier molecular flexibility index (Phi) is 2.74. The van der Waals surface area contributed by atoms with E-state index in [1.54, 1.807) is 12.3 Å². The van der Waals surface area contributed by atoms with Crippen LogP contribution in [-0.2, 0) is 0 Å². The molecule has 1 amide bonds. The highest BCUT2D eigenvalue weighted by atomic mass is 16.2. The number of aromatic nitrogens is 1. The van der Waals surface area contributed by atoms with E-state index in [4.69, 9.17) is 5.84 Å². The third-order valence-corrected chi connectivity index (χ3v) is 2.44. The number of nitrogens with two attached hydrogens (primary N) is 1. The van der Waals surface area contributed by atoms with Crippen molar-refractivity contribution in [1.29, 1.82) is 0 Å². The second-order valence-electron chi connectivity index (χ2n) is 3.55. The number of hydrogen-bond acceptors (Lipinski definition) is 2. The van der Waals surface area contributed by atoms with Gasteiger partial charge < -0.3 is 4.57 Å². The minimum absolute atomic E-state index is 0.280. The molecule has 1 aromatic heterocycles. The Morgan fingerprint density at radius 2 is 2.00 bits per heavy atom. The zero-order valence-corrected chi connectivity index (χ0v) is 8.97. The number of carbonyl (C=O) groups is 1. The lowest BCUT2D eigenvalue weighted by molar-refractivity contribution is 0.0953. The van der Waals surface area contributed by atoms with E-state index in [1.165, 1.54) is 0 Å². The predicted molar refractivity (Wildman–Crippen MR) is 62.2 cm³/mol. The van der Waals surface area contributed by atoms with E-state index in [2.05, 4.69) is 5.43 Å². The molecular weight excluding hydrogens is 202 g/mol. The second kappa shape index (κ2) is 4.20. The van der Waals surface area contributed by atoms with Crippen molar-refractivity contribution in [1.82, 2.24) is 9.99 Å². The van der Waals surface area contributed by atoms with Crippen LogP contribution in [0, 0.1) is 6.92 Å². The fourth-order valence-electron chi connectivity index (χ4n) is 1.65. The van der Waals surface area contributed by atoms with E-state index in [9.17, 15) is 4.79 Å². The number of para-hydroxylation sites is 1. The molecule has 2 aromatic rings. The van der Waals surface area contributed by atoms with Gasteiger partial charge in [0.05, 0.1) is 5.56 Å². The van der Waals surface area contributed by atoms with Crippen LogP contribution in [0.3, 0.4) is 0 Å². The van der Waals surface area contributed by atoms with Gasteiger partial charge in [0, 0.05) is 17.6 Å². The van der Waals surface area contributed by atoms with Crippen LogP contribution in [0.5, 0.6) is 0 Å². The van der Waals surface area contributed by atoms with Gasteiger partial charge in [0.15, 0.2) is 0 Å². The van der Waals surface area contributed by atoms with E-state index in [0.717, 1.165) is 11.4 Å². The lowest BCUT2D eigenvalue weighted by Gasteiger charge is -2.04. The summed E-state index contributed by atoms with van der Waals surface area (Å²) < 4.78 is 1.95. The third-order valence-electron chi connectivity index (χ3n) is 2.44. The first kappa shape index (κ1) is 10.4. The van der Waals surface area contributed by atoms with Gasteiger partial charge in [-0.2, -0.15) is 0 Å². The molecule has 0 aliphatic heterocycles. The highest BCUT2D eigenvalue weighted by Crippen LogP contribution is 2.14. The molecule has 3 N–H and O–H groups in total. The molecule has 1 aromatic carbocycles. The number of aryl methyl sites for hydroxylation is 1. The predicted octanol–water partition coefficient (Wildman–Crippen LogP) is 1.39. The molecule has 82 valence electrons. The van der Waals surface area contributed by atoms with Crippen molar-refractivity contribution in [2.24, 2.45) is 5.84 Å². The molecule has 0 bridgehead atoms. The zero-order chi connectivity index (χ0) is 11.5. The van der Waals surface area contributed by atoms with Gasteiger partial charge in [-0.15, -0.1) is 0 Å². The molecule has 0 saturated carbocycles. The second-order valence-corrected chi connectivity index (χ2v) is 3.55. The zero-order valence-electron chi connectivity index (χ0n) is 8.97. The van der Waals surface area contributed by atoms with E-state index in [1.807, 2.05) is 41.8 Å². The quantitative estimate of drug-likeness (QED) is 0.452. The van der Waals surface area contributed by atoms with Crippen molar-refractivity contribution in [3.8, 4) is 5.69 Å². The molecule has 1 heterocycles. The van der Waals surface area contributed by atoms with E-state index in [0.29, 0.717) is 5.56 Å². The van der Waals surface area contributed by atoms with Crippen molar-refractivity contribution in [3.05, 3.63) is 53.9 Å². The van der Waals surface area contributed by atoms with Crippen LogP contribution in [0.1, 0.15) is 16.1 Å². The molecular formula is C12H13N3O. The highest BCUT2D eigenvalue weighted by molar-refractivity contribution is 5.93. The summed E-state index contributed by atoms with van der Waals surface area (Å²) in [5.74, 6) is 4.81. The average molecular weight is 215 g/mol. The van der Waals surface area contributed by atoms with Gasteiger partial charge in [-0.05, 0) is 25.1 Å². The van der Waals surface area contributed by atoms with E-state index >= 15 is 0 Å². The minimum Gasteiger partial charge on any atom is -0.320 e. The largest absolute Gasteiger partial charge is 0.320 e. The molecule has 0 unspecified atom stereocenters. The molecule has 4 heteroatoms. The number of nitrogens with zero attached hydrogens (tertiary/aromatic N) is 1. The Morgan fingerprint density at radius 3 is 2.62 bits per heavy atom. The first-order valence-electron chi connectivity index (χ1n) is 4.97. The first-order valence-corrected chi connectivity index (χ1v) is 4.97. The lowest BCUT2D eigenvalue weighted by Crippen LogP contribution is -2.29. The van der Waals surface area contributed by atoms with Gasteiger partial charge in [0.1, 0.15) is 0 Å². The fraction of sp³-hybridized carbons (Fsp3) is 0.0833. The third kappa shape index (κ3) is 1.83. The number of nitrogen functional groups attached to an aromatic ring is 1. The summed E-state index contributed by atoms with van der Waals surface area (Å²) in [7, 11) is 0. The number of hydrazine groups is 1. The summed E-state index contributed by atoms with van der Waals surface area (Å²) in [5, 5.41) is 0. The molecule has 0 radical (unpaired) electrons. The van der Waals surface area contributed by atoms with Gasteiger partial charge in [0.25, 0.3) is 5.91 Å². The van der Waals surface area contributed by atoms with Crippen molar-refractivity contribution >= 4 is 5.91 Å². The number of hydrogen-bond donors (Lipinski definition) is 2. The molecule has 0 atom stereocenters. The maximum absolute atomic E-state index is 11.4. The van der Waals surface area contributed by atoms with Gasteiger partial charge in [-0.1, -0.05) is 18.2 Å². The Hall–Kier alpha value is -2.07. The van der Waals surface area contributed by atoms with Crippen molar-refractivity contribution < 1.29 is 4.79 Å². The van der Waals surface area contributed by atoms with Crippen LogP contribution in [0.25, 0.3) is 5.69 Å². The first-order chi connectivity index (χ1) is 7.72. The number of carbonyl (C=O) groups excluding carboxylic acids is 1. The van der Waals surface area contributed by atoms with Crippen LogP contribution >= 0.6 is 0 Å². The summed E-state index contributed by atoms with van der Waals surface area (Å²) >= 11 is 0. The van der Waals surface area contributed by atoms with Gasteiger partial charge in [-0.3, -0.25) is 10.2 Å². The Morgan fingerprint density at radius 1 is 1.31 bits per heavy atom. The molecule has 0 saturated heterocycles. The Labute approximate surface area is 93.7 Å². The average Bonchev–Trinajstić information content (AvgIpc) is 2.71. The van der Waals surface area contributed by atoms with Crippen LogP contribution in [0.15, 0.2) is 42.6 Å². The maximum atomic E-state index is 11.4. The smallest absolute Gasteiger partial charge is 0.266 e. The number of amides is 1. The van der Waals surface area contributed by atoms with E-state index in [-0.39, 0.29) is 5.91 Å². The van der Waals surface area contributed by atoms with Crippen LogP contribution in [-0.4, -0.2) is 10.5 Å². The summed E-state index contributed by atoms with van der Waals surface area (Å²) in [4.78, 5) is 11.4. The monoisotopic (exact) mass is 215 g/mol. The summed E-state index contributed by atoms with van der Waals surface area (Å²) in [6, 6.07) is 11.6. The van der Waals surface area contributed by atoms with Crippen molar-refractivity contribution in [3.63, 3.8) is 0 Å². The number of benzene rings is 1. The van der Waals surface area contributed by atoms with Gasteiger partial charge in [-0.25, -0.2) is 5.84 Å². The lowest BCUT2D eigenvalue weighted by atomic mass is 10.3. The van der Waals surface area contributed by atoms with Crippen molar-refractivity contribution in [2.75, 3.05) is 0 Å². The molecule has 0 aliphatic carbocycles. The summed E-state index contributed by atoms with van der Waals surface area (Å²) in [5.41, 5.74) is 4.69. The highest BCUT2D eigenvalue weighted by Gasteiger charge is 2.09. The minimum atomic E-state index is -0.280. The molecule has 16 heavy (non-hydrogen) atoms. The standard InChI is InChI=1S/C12H13N3O/c1-9-7-10(12(16)14-13)8-15(9)11-5-3-2-4-6-11/h2-8H,13H2,1H3,(H,14,16). The Bertz CT molecular complexity index is 502. The van der Waals surface area contributed by atoms with E-state index < -0.39 is 0 Å². The van der Waals surface area contributed by atoms with Crippen molar-refractivity contribution in [2.45, 2.75) is 6.92 Å². The summed E-state index contributed by atoms with van der Waals surface area (Å²) in [6.07, 6.45) is 1.77. The molecule has 0 fully saturated rings. The van der Waals surface area contributed by atoms with Crippen LogP contribution in [0.4, 0.5) is 0 Å². The molecule has 2 rings (SSSR count). The summed E-state index contributed by atoms with van der Waals surface area (Å²) in [6.45, 7) is 1.94. The van der Waals surface area contributed by atoms with Gasteiger partial charge >= 0.3 is 0 Å². The maximum Gasteiger partial charge on any atom is 0.266 e. The number of nitrogens with one attached hydrogen (secondary N) is 1. The topological polar surface area (TPSA) is 60.1 Å². The van der Waals surface area contributed by atoms with Crippen LogP contribution < -0.4 is 11.3 Å². The van der Waals surface area contributed by atoms with Crippen LogP contribution in [0.2, 0.25) is 0 Å². The SMILES string of the molecule is Cc1cc(C(=O)NN)cn1-c1ccccc1. The Balaban J connectivity index is 2.44. The normalized spacial score (nSPS) is 10.1. The molecule has 4 nitrogen and oxygen atoms in total. The van der Waals surface area contributed by atoms with Gasteiger partial charge in [0.2, 0.25) is 0 Å². The molecule has 0 aliphatic rings. The number of rotatable bonds is 2. The molecule has 0 spiro atoms. The fourth-order valence-corrected chi connectivity index (χ4v) is 1.65.